The summed E-state index contributed by atoms with van der Waals surface area (Å²) in [7, 11) is 0. The summed E-state index contributed by atoms with van der Waals surface area (Å²) in [6, 6.07) is 14.1. The van der Waals surface area contributed by atoms with E-state index >= 15 is 0 Å². The Bertz CT molecular complexity index is 1640. The molecule has 0 aliphatic carbocycles. The molecule has 3 rings (SSSR count). The second-order valence-electron chi connectivity index (χ2n) is 10.6. The number of Topliss-reactive ketones (excluding diaryl/α,β-unsaturated/α-hetero) is 2. The maximum Gasteiger partial charge on any atom is 0.336 e. The molecule has 11 nitrogen and oxygen atoms in total. The van der Waals surface area contributed by atoms with E-state index in [2.05, 4.69) is 10.6 Å². The standard InChI is InChI=1S/C34H36N2O9/c1-5-19(6-2)28(37)24-17-25(27(33(44)45)18-26(24)32(42)43)30(39)35-20-13-15-21(16-14-20)36-34(7-3,8-4)29(38)22-11-9-10-12-23(22)31(40)41/h9-19,36H,5-8H2,1-4H3,(H,35,39)(H,40,41)(H,42,43)(H,44,45). The Labute approximate surface area is 260 Å². The second-order valence-corrected chi connectivity index (χ2v) is 10.6. The molecule has 0 spiro atoms. The first-order valence-electron chi connectivity index (χ1n) is 14.6. The Hall–Kier alpha value is -5.32. The van der Waals surface area contributed by atoms with Gasteiger partial charge in [-0.05, 0) is 68.1 Å². The van der Waals surface area contributed by atoms with Gasteiger partial charge in [0.05, 0.1) is 22.3 Å². The van der Waals surface area contributed by atoms with Crippen molar-refractivity contribution in [3.05, 3.63) is 94.0 Å². The summed E-state index contributed by atoms with van der Waals surface area (Å²) in [5, 5.41) is 34.9. The van der Waals surface area contributed by atoms with Gasteiger partial charge in [-0.3, -0.25) is 14.4 Å². The van der Waals surface area contributed by atoms with E-state index < -0.39 is 52.2 Å². The minimum Gasteiger partial charge on any atom is -0.478 e. The summed E-state index contributed by atoms with van der Waals surface area (Å²) in [5.41, 5.74) is -2.06. The molecule has 0 aliphatic heterocycles. The van der Waals surface area contributed by atoms with Crippen LogP contribution in [0, 0.1) is 5.92 Å². The van der Waals surface area contributed by atoms with Crippen LogP contribution in [-0.4, -0.2) is 56.2 Å². The Morgan fingerprint density at radius 3 is 1.58 bits per heavy atom. The summed E-state index contributed by atoms with van der Waals surface area (Å²) in [6.45, 7) is 7.18. The van der Waals surface area contributed by atoms with Crippen molar-refractivity contribution in [2.75, 3.05) is 10.6 Å². The van der Waals surface area contributed by atoms with Gasteiger partial charge >= 0.3 is 17.9 Å². The maximum absolute atomic E-state index is 13.6. The molecule has 0 bridgehead atoms. The molecule has 0 aromatic heterocycles. The zero-order valence-electron chi connectivity index (χ0n) is 25.5. The van der Waals surface area contributed by atoms with Crippen molar-refractivity contribution in [2.45, 2.75) is 58.9 Å². The van der Waals surface area contributed by atoms with Crippen LogP contribution in [-0.2, 0) is 0 Å². The van der Waals surface area contributed by atoms with Crippen LogP contribution in [0.2, 0.25) is 0 Å². The molecule has 0 aliphatic rings. The van der Waals surface area contributed by atoms with Gasteiger partial charge in [0.1, 0.15) is 5.54 Å². The summed E-state index contributed by atoms with van der Waals surface area (Å²) in [4.78, 5) is 75.8. The van der Waals surface area contributed by atoms with Crippen molar-refractivity contribution >= 4 is 46.8 Å². The Morgan fingerprint density at radius 1 is 0.622 bits per heavy atom. The van der Waals surface area contributed by atoms with Gasteiger partial charge in [-0.1, -0.05) is 45.9 Å². The van der Waals surface area contributed by atoms with E-state index in [1.807, 2.05) is 13.8 Å². The van der Waals surface area contributed by atoms with Gasteiger partial charge in [0.2, 0.25) is 0 Å². The molecule has 3 aromatic rings. The van der Waals surface area contributed by atoms with E-state index in [1.165, 1.54) is 24.3 Å². The number of benzene rings is 3. The number of carboxylic acid groups (broad SMARTS) is 3. The van der Waals surface area contributed by atoms with Gasteiger partial charge in [0.15, 0.2) is 11.6 Å². The second kappa shape index (κ2) is 14.4. The molecule has 11 heteroatoms. The lowest BCUT2D eigenvalue weighted by Crippen LogP contribution is -2.46. The van der Waals surface area contributed by atoms with E-state index in [4.69, 9.17) is 0 Å². The van der Waals surface area contributed by atoms with Gasteiger partial charge in [-0.2, -0.15) is 0 Å². The average molecular weight is 617 g/mol. The Morgan fingerprint density at radius 2 is 1.09 bits per heavy atom. The summed E-state index contributed by atoms with van der Waals surface area (Å²) in [5.74, 6) is -6.47. The lowest BCUT2D eigenvalue weighted by molar-refractivity contribution is 0.0677. The largest absolute Gasteiger partial charge is 0.478 e. The van der Waals surface area contributed by atoms with Crippen LogP contribution in [0.5, 0.6) is 0 Å². The SMILES string of the molecule is CCC(CC)C(=O)c1cc(C(=O)Nc2ccc(NC(CC)(CC)C(=O)c3ccccc3C(=O)O)cc2)c(C(=O)O)cc1C(=O)O. The van der Waals surface area contributed by atoms with Gasteiger partial charge in [0.25, 0.3) is 5.91 Å². The molecule has 5 N–H and O–H groups in total. The number of amides is 1. The number of aromatic carboxylic acids is 3. The van der Waals surface area contributed by atoms with Crippen LogP contribution < -0.4 is 10.6 Å². The van der Waals surface area contributed by atoms with Crippen LogP contribution in [0.25, 0.3) is 0 Å². The number of carbonyl (C=O) groups excluding carboxylic acids is 3. The van der Waals surface area contributed by atoms with Gasteiger partial charge in [-0.15, -0.1) is 0 Å². The molecule has 0 heterocycles. The molecular weight excluding hydrogens is 580 g/mol. The Balaban J connectivity index is 1.93. The molecule has 236 valence electrons. The number of hydrogen-bond donors (Lipinski definition) is 5. The van der Waals surface area contributed by atoms with E-state index in [0.29, 0.717) is 31.4 Å². The third-order valence-electron chi connectivity index (χ3n) is 8.06. The lowest BCUT2D eigenvalue weighted by atomic mass is 9.82. The lowest BCUT2D eigenvalue weighted by Gasteiger charge is -2.33. The molecule has 45 heavy (non-hydrogen) atoms. The third-order valence-corrected chi connectivity index (χ3v) is 8.06. The first kappa shape index (κ1) is 34.2. The highest BCUT2D eigenvalue weighted by Gasteiger charge is 2.37. The molecule has 0 unspecified atom stereocenters. The number of ketones is 2. The molecule has 1 amide bonds. The highest BCUT2D eigenvalue weighted by molar-refractivity contribution is 6.15. The summed E-state index contributed by atoms with van der Waals surface area (Å²) >= 11 is 0. The molecule has 3 aromatic carbocycles. The normalized spacial score (nSPS) is 11.1. The van der Waals surface area contributed by atoms with Crippen molar-refractivity contribution in [3.63, 3.8) is 0 Å². The first-order chi connectivity index (χ1) is 21.3. The Kier molecular flexibility index (Phi) is 11.0. The molecule has 0 saturated carbocycles. The highest BCUT2D eigenvalue weighted by atomic mass is 16.4. The number of rotatable bonds is 15. The van der Waals surface area contributed by atoms with Crippen molar-refractivity contribution in [1.29, 1.82) is 0 Å². The predicted octanol–water partition coefficient (Wildman–Crippen LogP) is 6.51. The minimum atomic E-state index is -1.53. The van der Waals surface area contributed by atoms with E-state index in [9.17, 15) is 44.1 Å². The first-order valence-corrected chi connectivity index (χ1v) is 14.6. The predicted molar refractivity (Wildman–Crippen MR) is 168 cm³/mol. The fraction of sp³-hybridized carbons (Fsp3) is 0.294. The number of anilines is 2. The third kappa shape index (κ3) is 7.26. The molecule has 0 atom stereocenters. The van der Waals surface area contributed by atoms with E-state index in [1.54, 1.807) is 38.1 Å². The highest BCUT2D eigenvalue weighted by Crippen LogP contribution is 2.30. The smallest absolute Gasteiger partial charge is 0.336 e. The molecular formula is C34H36N2O9. The molecule has 0 fully saturated rings. The van der Waals surface area contributed by atoms with Gasteiger partial charge in [0, 0.05) is 28.4 Å². The fourth-order valence-corrected chi connectivity index (χ4v) is 5.27. The van der Waals surface area contributed by atoms with Crippen LogP contribution in [0.3, 0.4) is 0 Å². The van der Waals surface area contributed by atoms with Crippen molar-refractivity contribution in [3.8, 4) is 0 Å². The van der Waals surface area contributed by atoms with E-state index in [0.717, 1.165) is 12.1 Å². The van der Waals surface area contributed by atoms with Crippen LogP contribution in [0.4, 0.5) is 11.4 Å². The van der Waals surface area contributed by atoms with Crippen LogP contribution in [0.15, 0.2) is 60.7 Å². The minimum absolute atomic E-state index is 0.0790. The molecule has 0 saturated heterocycles. The zero-order chi connectivity index (χ0) is 33.5. The number of hydrogen-bond acceptors (Lipinski definition) is 7. The van der Waals surface area contributed by atoms with Gasteiger partial charge < -0.3 is 26.0 Å². The quantitative estimate of drug-likeness (QED) is 0.118. The number of carbonyl (C=O) groups is 6. The monoisotopic (exact) mass is 616 g/mol. The number of carboxylic acids is 3. The van der Waals surface area contributed by atoms with Crippen LogP contribution >= 0.6 is 0 Å². The van der Waals surface area contributed by atoms with Gasteiger partial charge in [-0.25, -0.2) is 14.4 Å². The van der Waals surface area contributed by atoms with Crippen molar-refractivity contribution < 1.29 is 44.1 Å². The fourth-order valence-electron chi connectivity index (χ4n) is 5.27. The topological polar surface area (TPSA) is 187 Å². The maximum atomic E-state index is 13.6. The molecule has 0 radical (unpaired) electrons. The van der Waals surface area contributed by atoms with Crippen molar-refractivity contribution in [2.24, 2.45) is 5.92 Å². The average Bonchev–Trinajstić information content (AvgIpc) is 3.03. The van der Waals surface area contributed by atoms with Crippen molar-refractivity contribution in [1.82, 2.24) is 0 Å². The zero-order valence-corrected chi connectivity index (χ0v) is 25.5. The number of nitrogens with one attached hydrogen (secondary N) is 2. The van der Waals surface area contributed by atoms with E-state index in [-0.39, 0.29) is 33.7 Å². The van der Waals surface area contributed by atoms with Crippen LogP contribution in [0.1, 0.15) is 116 Å². The summed E-state index contributed by atoms with van der Waals surface area (Å²) in [6.07, 6.45) is 1.56. The summed E-state index contributed by atoms with van der Waals surface area (Å²) < 4.78 is 0.